The van der Waals surface area contributed by atoms with Crippen molar-refractivity contribution in [2.75, 3.05) is 6.61 Å². The molecule has 0 heterocycles. The summed E-state index contributed by atoms with van der Waals surface area (Å²) in [6, 6.07) is 11.0. The molecular formula is C20H24N2O6S. The van der Waals surface area contributed by atoms with Crippen molar-refractivity contribution in [1.29, 1.82) is 0 Å². The predicted octanol–water partition coefficient (Wildman–Crippen LogP) is 2.97. The van der Waals surface area contributed by atoms with Gasteiger partial charge < -0.3 is 9.84 Å². The Morgan fingerprint density at radius 3 is 2.14 bits per heavy atom. The number of hydrogen-bond acceptors (Lipinski definition) is 5. The van der Waals surface area contributed by atoms with Crippen LogP contribution in [0.2, 0.25) is 0 Å². The second kappa shape index (κ2) is 10.6. The smallest absolute Gasteiger partial charge is 0.335 e. The van der Waals surface area contributed by atoms with Crippen LogP contribution < -0.4 is 15.0 Å². The van der Waals surface area contributed by atoms with E-state index in [9.17, 15) is 18.0 Å². The Morgan fingerprint density at radius 1 is 0.931 bits per heavy atom. The molecule has 0 saturated carbocycles. The summed E-state index contributed by atoms with van der Waals surface area (Å²) in [5, 5.41) is 8.85. The third-order valence-electron chi connectivity index (χ3n) is 4.09. The number of hydrazine groups is 1. The molecule has 0 unspecified atom stereocenters. The summed E-state index contributed by atoms with van der Waals surface area (Å²) in [6.07, 6.45) is 4.39. The molecule has 0 aromatic heterocycles. The largest absolute Gasteiger partial charge is 0.494 e. The molecule has 2 aromatic rings. The molecule has 8 nitrogen and oxygen atoms in total. The van der Waals surface area contributed by atoms with E-state index in [4.69, 9.17) is 9.84 Å². The van der Waals surface area contributed by atoms with Crippen LogP contribution in [0.5, 0.6) is 5.75 Å². The summed E-state index contributed by atoms with van der Waals surface area (Å²) in [5.74, 6) is -1.16. The molecule has 0 bridgehead atoms. The van der Waals surface area contributed by atoms with Crippen LogP contribution in [0.15, 0.2) is 53.4 Å². The third-order valence-corrected chi connectivity index (χ3v) is 5.36. The first-order valence-corrected chi connectivity index (χ1v) is 10.7. The van der Waals surface area contributed by atoms with Gasteiger partial charge >= 0.3 is 5.97 Å². The SMILES string of the molecule is CCCCCCOc1ccc(C(=O)NNS(=O)(=O)c2ccc(C(=O)O)cc2)cc1. The van der Waals surface area contributed by atoms with Gasteiger partial charge in [-0.2, -0.15) is 0 Å². The Bertz CT molecular complexity index is 924. The molecule has 9 heteroatoms. The van der Waals surface area contributed by atoms with Gasteiger partial charge in [-0.25, -0.2) is 13.2 Å². The molecular weight excluding hydrogens is 396 g/mol. The van der Waals surface area contributed by atoms with Gasteiger partial charge in [0.15, 0.2) is 0 Å². The first-order chi connectivity index (χ1) is 13.8. The van der Waals surface area contributed by atoms with Gasteiger partial charge in [-0.15, -0.1) is 4.83 Å². The van der Waals surface area contributed by atoms with E-state index in [2.05, 4.69) is 12.3 Å². The maximum absolute atomic E-state index is 12.2. The van der Waals surface area contributed by atoms with Gasteiger partial charge in [-0.3, -0.25) is 10.2 Å². The standard InChI is InChI=1S/C20H24N2O6S/c1-2-3-4-5-14-28-17-10-6-15(7-11-17)19(23)21-22-29(26,27)18-12-8-16(9-13-18)20(24)25/h6-13,22H,2-5,14H2,1H3,(H,21,23)(H,24,25). The molecule has 0 aliphatic rings. The first kappa shape index (κ1) is 22.4. The Kier molecular flexibility index (Phi) is 8.17. The lowest BCUT2D eigenvalue weighted by Crippen LogP contribution is -2.41. The summed E-state index contributed by atoms with van der Waals surface area (Å²) in [5.41, 5.74) is 2.34. The summed E-state index contributed by atoms with van der Waals surface area (Å²) in [6.45, 7) is 2.74. The Balaban J connectivity index is 1.88. The van der Waals surface area contributed by atoms with Crippen LogP contribution in [0.1, 0.15) is 53.3 Å². The van der Waals surface area contributed by atoms with E-state index in [1.54, 1.807) is 12.1 Å². The molecule has 0 atom stereocenters. The molecule has 2 aromatic carbocycles. The van der Waals surface area contributed by atoms with Gasteiger partial charge in [0.1, 0.15) is 5.75 Å². The van der Waals surface area contributed by atoms with Crippen LogP contribution >= 0.6 is 0 Å². The van der Waals surface area contributed by atoms with E-state index >= 15 is 0 Å². The van der Waals surface area contributed by atoms with Crippen molar-refractivity contribution < 1.29 is 27.9 Å². The van der Waals surface area contributed by atoms with E-state index in [1.165, 1.54) is 30.7 Å². The third kappa shape index (κ3) is 6.88. The zero-order chi connectivity index (χ0) is 21.3. The van der Waals surface area contributed by atoms with Gasteiger partial charge in [-0.05, 0) is 55.0 Å². The maximum Gasteiger partial charge on any atom is 0.335 e. The average molecular weight is 420 g/mol. The normalized spacial score (nSPS) is 11.1. The number of carbonyl (C=O) groups is 2. The van der Waals surface area contributed by atoms with Crippen molar-refractivity contribution in [2.24, 2.45) is 0 Å². The van der Waals surface area contributed by atoms with E-state index < -0.39 is 21.9 Å². The second-order valence-electron chi connectivity index (χ2n) is 6.32. The molecule has 0 radical (unpaired) electrons. The van der Waals surface area contributed by atoms with Crippen LogP contribution in [-0.2, 0) is 10.0 Å². The van der Waals surface area contributed by atoms with Crippen molar-refractivity contribution in [1.82, 2.24) is 10.3 Å². The van der Waals surface area contributed by atoms with E-state index in [0.717, 1.165) is 31.4 Å². The number of aromatic carboxylic acids is 1. The number of benzene rings is 2. The van der Waals surface area contributed by atoms with Crippen LogP contribution in [0, 0.1) is 0 Å². The number of ether oxygens (including phenoxy) is 1. The minimum atomic E-state index is -4.03. The topological polar surface area (TPSA) is 122 Å². The van der Waals surface area contributed by atoms with Crippen LogP contribution in [0.3, 0.4) is 0 Å². The molecule has 29 heavy (non-hydrogen) atoms. The van der Waals surface area contributed by atoms with Gasteiger partial charge in [-0.1, -0.05) is 26.2 Å². The maximum atomic E-state index is 12.2. The molecule has 2 rings (SSSR count). The van der Waals surface area contributed by atoms with Gasteiger partial charge in [0, 0.05) is 5.56 Å². The predicted molar refractivity (Wildman–Crippen MR) is 107 cm³/mol. The molecule has 156 valence electrons. The number of unbranched alkanes of at least 4 members (excludes halogenated alkanes) is 3. The van der Waals surface area contributed by atoms with Crippen LogP contribution in [-0.4, -0.2) is 32.0 Å². The number of rotatable bonds is 11. The number of nitrogens with one attached hydrogen (secondary N) is 2. The number of carbonyl (C=O) groups excluding carboxylic acids is 1. The van der Waals surface area contributed by atoms with Gasteiger partial charge in [0.25, 0.3) is 15.9 Å². The number of carboxylic acids is 1. The fourth-order valence-electron chi connectivity index (χ4n) is 2.44. The number of carboxylic acid groups (broad SMARTS) is 1. The van der Waals surface area contributed by atoms with Crippen LogP contribution in [0.4, 0.5) is 0 Å². The lowest BCUT2D eigenvalue weighted by molar-refractivity contribution is 0.0696. The van der Waals surface area contributed by atoms with Gasteiger partial charge in [0.2, 0.25) is 0 Å². The molecule has 3 N–H and O–H groups in total. The highest BCUT2D eigenvalue weighted by molar-refractivity contribution is 7.89. The molecule has 1 amide bonds. The van der Waals surface area contributed by atoms with E-state index in [1.807, 2.05) is 4.83 Å². The molecule has 0 aliphatic carbocycles. The molecule has 0 fully saturated rings. The fraction of sp³-hybridized carbons (Fsp3) is 0.300. The summed E-state index contributed by atoms with van der Waals surface area (Å²) < 4.78 is 30.0. The Labute approximate surface area is 169 Å². The molecule has 0 aliphatic heterocycles. The highest BCUT2D eigenvalue weighted by atomic mass is 32.2. The zero-order valence-corrected chi connectivity index (χ0v) is 16.9. The highest BCUT2D eigenvalue weighted by Crippen LogP contribution is 2.14. The van der Waals surface area contributed by atoms with Crippen molar-refractivity contribution >= 4 is 21.9 Å². The van der Waals surface area contributed by atoms with Crippen LogP contribution in [0.25, 0.3) is 0 Å². The first-order valence-electron chi connectivity index (χ1n) is 9.22. The quantitative estimate of drug-likeness (QED) is 0.379. The van der Waals surface area contributed by atoms with Crippen molar-refractivity contribution in [3.05, 3.63) is 59.7 Å². The number of amides is 1. The minimum absolute atomic E-state index is 0.0411. The Morgan fingerprint density at radius 2 is 1.55 bits per heavy atom. The second-order valence-corrected chi connectivity index (χ2v) is 8.01. The van der Waals surface area contributed by atoms with E-state index in [0.29, 0.717) is 12.4 Å². The molecule has 0 spiro atoms. The lowest BCUT2D eigenvalue weighted by atomic mass is 10.2. The fourth-order valence-corrected chi connectivity index (χ4v) is 3.28. The average Bonchev–Trinajstić information content (AvgIpc) is 2.72. The summed E-state index contributed by atoms with van der Waals surface area (Å²) in [7, 11) is -4.03. The highest BCUT2D eigenvalue weighted by Gasteiger charge is 2.16. The summed E-state index contributed by atoms with van der Waals surface area (Å²) in [4.78, 5) is 24.8. The van der Waals surface area contributed by atoms with Crippen molar-refractivity contribution in [2.45, 2.75) is 37.5 Å². The number of sulfonamides is 1. The molecule has 0 saturated heterocycles. The minimum Gasteiger partial charge on any atom is -0.494 e. The van der Waals surface area contributed by atoms with Crippen molar-refractivity contribution in [3.63, 3.8) is 0 Å². The zero-order valence-electron chi connectivity index (χ0n) is 16.1. The van der Waals surface area contributed by atoms with Gasteiger partial charge in [0.05, 0.1) is 17.1 Å². The van der Waals surface area contributed by atoms with E-state index in [-0.39, 0.29) is 16.0 Å². The van der Waals surface area contributed by atoms with Crippen molar-refractivity contribution in [3.8, 4) is 5.75 Å². The number of hydrogen-bond donors (Lipinski definition) is 3. The lowest BCUT2D eigenvalue weighted by Gasteiger charge is -2.10. The monoisotopic (exact) mass is 420 g/mol. The Hall–Kier alpha value is -2.91. The summed E-state index contributed by atoms with van der Waals surface area (Å²) >= 11 is 0.